The predicted octanol–water partition coefficient (Wildman–Crippen LogP) is 6.41. The van der Waals surface area contributed by atoms with Gasteiger partial charge in [0.2, 0.25) is 0 Å². The number of rotatable bonds is 11. The number of unbranched alkanes of at least 4 members (excludes halogenated alkanes) is 2. The molecule has 3 aromatic rings. The number of carbonyl (C=O) groups is 3. The van der Waals surface area contributed by atoms with Crippen LogP contribution in [0, 0.1) is 6.92 Å². The molecule has 38 heavy (non-hydrogen) atoms. The highest BCUT2D eigenvalue weighted by Crippen LogP contribution is 2.43. The number of Topliss-reactive ketones (excluding diaryl/α,β-unsaturated/α-hetero) is 1. The average Bonchev–Trinajstić information content (AvgIpc) is 3.43. The van der Waals surface area contributed by atoms with Crippen LogP contribution in [0.3, 0.4) is 0 Å². The Balaban J connectivity index is 1.76. The number of ether oxygens (including phenoxy) is 1. The molecule has 1 amide bonds. The van der Waals surface area contributed by atoms with Crippen molar-refractivity contribution in [3.05, 3.63) is 93.7 Å². The first-order chi connectivity index (χ1) is 18.3. The molecule has 2 heterocycles. The van der Waals surface area contributed by atoms with Crippen molar-refractivity contribution in [2.24, 2.45) is 0 Å². The van der Waals surface area contributed by atoms with Crippen molar-refractivity contribution in [2.45, 2.75) is 46.1 Å². The van der Waals surface area contributed by atoms with Crippen molar-refractivity contribution in [1.82, 2.24) is 4.98 Å². The molecule has 8 heteroatoms. The maximum absolute atomic E-state index is 13.5. The van der Waals surface area contributed by atoms with E-state index in [2.05, 4.69) is 11.9 Å². The van der Waals surface area contributed by atoms with E-state index in [0.29, 0.717) is 28.5 Å². The first-order valence-electron chi connectivity index (χ1n) is 12.6. The maximum Gasteiger partial charge on any atom is 0.296 e. The molecule has 1 atom stereocenters. The molecular weight excluding hydrogens is 500 g/mol. The van der Waals surface area contributed by atoms with Crippen LogP contribution in [-0.2, 0) is 9.59 Å². The number of nitrogens with zero attached hydrogens (tertiary/aromatic N) is 2. The van der Waals surface area contributed by atoms with Gasteiger partial charge in [-0.1, -0.05) is 79.6 Å². The van der Waals surface area contributed by atoms with Crippen LogP contribution in [0.4, 0.5) is 5.13 Å². The third-order valence-electron chi connectivity index (χ3n) is 6.20. The summed E-state index contributed by atoms with van der Waals surface area (Å²) in [5, 5.41) is 11.2. The molecule has 196 valence electrons. The largest absolute Gasteiger partial charge is 0.503 e. The second-order valence-corrected chi connectivity index (χ2v) is 10.0. The van der Waals surface area contributed by atoms with E-state index in [1.807, 2.05) is 36.4 Å². The highest BCUT2D eigenvalue weighted by atomic mass is 32.1. The number of thiazole rings is 1. The van der Waals surface area contributed by atoms with Crippen LogP contribution in [0.2, 0.25) is 0 Å². The summed E-state index contributed by atoms with van der Waals surface area (Å²) in [5.41, 5.74) is 1.83. The Morgan fingerprint density at radius 1 is 1.13 bits per heavy atom. The molecule has 7 nitrogen and oxygen atoms in total. The molecule has 0 spiro atoms. The van der Waals surface area contributed by atoms with Gasteiger partial charge in [-0.3, -0.25) is 19.3 Å². The van der Waals surface area contributed by atoms with Gasteiger partial charge >= 0.3 is 0 Å². The van der Waals surface area contributed by atoms with E-state index in [9.17, 15) is 19.5 Å². The van der Waals surface area contributed by atoms with Gasteiger partial charge in [0, 0.05) is 6.92 Å². The number of allylic oxidation sites excluding steroid dienone is 1. The van der Waals surface area contributed by atoms with Crippen molar-refractivity contribution in [2.75, 3.05) is 11.5 Å². The van der Waals surface area contributed by atoms with Crippen LogP contribution in [0.25, 0.3) is 6.08 Å². The summed E-state index contributed by atoms with van der Waals surface area (Å²) in [5.74, 6) is -1.45. The van der Waals surface area contributed by atoms with E-state index in [1.54, 1.807) is 31.2 Å². The molecular formula is C30H30N2O5S. The zero-order chi connectivity index (χ0) is 27.2. The van der Waals surface area contributed by atoms with Gasteiger partial charge in [-0.15, -0.1) is 0 Å². The molecule has 1 aliphatic rings. The zero-order valence-corrected chi connectivity index (χ0v) is 22.5. The smallest absolute Gasteiger partial charge is 0.296 e. The minimum Gasteiger partial charge on any atom is -0.503 e. The number of hydrogen-bond acceptors (Lipinski definition) is 7. The highest BCUT2D eigenvalue weighted by molar-refractivity contribution is 7.17. The lowest BCUT2D eigenvalue weighted by Gasteiger charge is -2.24. The van der Waals surface area contributed by atoms with Gasteiger partial charge in [0.05, 0.1) is 28.8 Å². The van der Waals surface area contributed by atoms with E-state index < -0.39 is 23.5 Å². The second kappa shape index (κ2) is 12.0. The fourth-order valence-electron chi connectivity index (χ4n) is 4.32. The Hall–Kier alpha value is -4.04. The summed E-state index contributed by atoms with van der Waals surface area (Å²) in [6.07, 6.45) is 6.03. The number of amides is 1. The molecule has 1 aliphatic heterocycles. The number of ketones is 2. The molecule has 1 aromatic heterocycles. The van der Waals surface area contributed by atoms with Gasteiger partial charge in [-0.2, -0.15) is 0 Å². The van der Waals surface area contributed by atoms with Crippen LogP contribution >= 0.6 is 11.3 Å². The zero-order valence-electron chi connectivity index (χ0n) is 21.6. The summed E-state index contributed by atoms with van der Waals surface area (Å²) in [6.45, 7) is 5.80. The molecule has 2 aromatic carbocycles. The lowest BCUT2D eigenvalue weighted by molar-refractivity contribution is -0.117. The summed E-state index contributed by atoms with van der Waals surface area (Å²) in [6, 6.07) is 15.5. The topological polar surface area (TPSA) is 96.8 Å². The Kier molecular flexibility index (Phi) is 8.53. The van der Waals surface area contributed by atoms with Crippen LogP contribution in [0.15, 0.2) is 72.0 Å². The number of aromatic nitrogens is 1. The molecule has 0 saturated carbocycles. The standard InChI is InChI=1S/C30H30N2O5S/c1-4-5-9-17-37-23-14-10-13-22(18-23)26-25(24(34)16-15-21-11-7-6-8-12-21)27(35)29(36)32(26)30-31-19(2)28(38-30)20(3)33/h6-8,10-16,18,26,35H,4-5,9,17H2,1-3H3. The minimum absolute atomic E-state index is 0.0532. The Morgan fingerprint density at radius 3 is 2.58 bits per heavy atom. The lowest BCUT2D eigenvalue weighted by atomic mass is 9.95. The molecule has 0 bridgehead atoms. The minimum atomic E-state index is -0.944. The maximum atomic E-state index is 13.5. The van der Waals surface area contributed by atoms with Gasteiger partial charge in [-0.05, 0) is 42.7 Å². The Labute approximate surface area is 226 Å². The fourth-order valence-corrected chi connectivity index (χ4v) is 5.31. The van der Waals surface area contributed by atoms with E-state index in [-0.39, 0.29) is 16.5 Å². The highest BCUT2D eigenvalue weighted by Gasteiger charge is 2.45. The second-order valence-electron chi connectivity index (χ2n) is 9.04. The van der Waals surface area contributed by atoms with Gasteiger partial charge in [0.15, 0.2) is 22.5 Å². The summed E-state index contributed by atoms with van der Waals surface area (Å²) < 4.78 is 5.92. The van der Waals surface area contributed by atoms with Gasteiger partial charge < -0.3 is 9.84 Å². The van der Waals surface area contributed by atoms with Crippen molar-refractivity contribution >= 4 is 40.0 Å². The quantitative estimate of drug-likeness (QED) is 0.175. The number of aliphatic hydroxyl groups excluding tert-OH is 1. The van der Waals surface area contributed by atoms with Crippen LogP contribution in [0.5, 0.6) is 5.75 Å². The monoisotopic (exact) mass is 530 g/mol. The van der Waals surface area contributed by atoms with Gasteiger partial charge in [0.1, 0.15) is 5.75 Å². The first kappa shape index (κ1) is 27.0. The number of carbonyl (C=O) groups excluding carboxylic acids is 3. The molecule has 0 aliphatic carbocycles. The lowest BCUT2D eigenvalue weighted by Crippen LogP contribution is -2.30. The van der Waals surface area contributed by atoms with Crippen molar-refractivity contribution in [3.63, 3.8) is 0 Å². The van der Waals surface area contributed by atoms with E-state index in [4.69, 9.17) is 4.74 Å². The summed E-state index contributed by atoms with van der Waals surface area (Å²) >= 11 is 1.06. The number of hydrogen-bond donors (Lipinski definition) is 1. The molecule has 1 N–H and O–H groups in total. The number of benzene rings is 2. The van der Waals surface area contributed by atoms with E-state index in [0.717, 1.165) is 36.2 Å². The van der Waals surface area contributed by atoms with Gasteiger partial charge in [-0.25, -0.2) is 4.98 Å². The normalized spacial score (nSPS) is 15.5. The van der Waals surface area contributed by atoms with Crippen molar-refractivity contribution in [3.8, 4) is 5.75 Å². The molecule has 1 unspecified atom stereocenters. The molecule has 0 fully saturated rings. The number of aryl methyl sites for hydroxylation is 1. The SMILES string of the molecule is CCCCCOc1cccc(C2C(C(=O)C=Cc3ccccc3)=C(O)C(=O)N2c2nc(C)c(C(C)=O)s2)c1. The Morgan fingerprint density at radius 2 is 1.89 bits per heavy atom. The first-order valence-corrected chi connectivity index (χ1v) is 13.4. The van der Waals surface area contributed by atoms with E-state index in [1.165, 1.54) is 17.9 Å². The molecule has 0 radical (unpaired) electrons. The summed E-state index contributed by atoms with van der Waals surface area (Å²) in [7, 11) is 0. The number of aliphatic hydroxyl groups is 1. The molecule has 0 saturated heterocycles. The number of anilines is 1. The third-order valence-corrected chi connectivity index (χ3v) is 7.46. The predicted molar refractivity (Wildman–Crippen MR) is 149 cm³/mol. The Bertz CT molecular complexity index is 1410. The van der Waals surface area contributed by atoms with Gasteiger partial charge in [0.25, 0.3) is 5.91 Å². The average molecular weight is 531 g/mol. The third kappa shape index (κ3) is 5.75. The summed E-state index contributed by atoms with van der Waals surface area (Å²) in [4.78, 5) is 45.1. The fraction of sp³-hybridized carbons (Fsp3) is 0.267. The van der Waals surface area contributed by atoms with Crippen LogP contribution < -0.4 is 9.64 Å². The van der Waals surface area contributed by atoms with E-state index >= 15 is 0 Å². The van der Waals surface area contributed by atoms with Crippen molar-refractivity contribution < 1.29 is 24.2 Å². The van der Waals surface area contributed by atoms with Crippen LogP contribution in [-0.4, -0.2) is 34.2 Å². The molecule has 4 rings (SSSR count). The van der Waals surface area contributed by atoms with Crippen molar-refractivity contribution in [1.29, 1.82) is 0 Å². The van der Waals surface area contributed by atoms with Crippen LogP contribution in [0.1, 0.15) is 65.6 Å².